The Hall–Kier alpha value is -3.64. The summed E-state index contributed by atoms with van der Waals surface area (Å²) in [7, 11) is 0. The fourth-order valence-electron chi connectivity index (χ4n) is 3.62. The SMILES string of the molecule is CCOc1ccc(C2=C(Nc3cc(Cl)ccc3C)C(=O)N(Cc3ccc(F)cc3)C2=O)cc1. The maximum absolute atomic E-state index is 13.4. The van der Waals surface area contributed by atoms with E-state index in [-0.39, 0.29) is 23.6 Å². The summed E-state index contributed by atoms with van der Waals surface area (Å²) in [5.41, 5.74) is 3.15. The average Bonchev–Trinajstić information content (AvgIpc) is 3.03. The van der Waals surface area contributed by atoms with Gasteiger partial charge in [0.2, 0.25) is 0 Å². The number of benzene rings is 3. The monoisotopic (exact) mass is 464 g/mol. The molecule has 3 aromatic rings. The first-order chi connectivity index (χ1) is 15.9. The number of ether oxygens (including phenoxy) is 1. The number of imide groups is 1. The molecule has 1 aliphatic rings. The Kier molecular flexibility index (Phi) is 6.47. The van der Waals surface area contributed by atoms with E-state index in [2.05, 4.69) is 5.32 Å². The average molecular weight is 465 g/mol. The molecule has 0 aromatic heterocycles. The molecule has 0 fully saturated rings. The van der Waals surface area contributed by atoms with Crippen LogP contribution < -0.4 is 10.1 Å². The Morgan fingerprint density at radius 2 is 1.67 bits per heavy atom. The third-order valence-corrected chi connectivity index (χ3v) is 5.57. The summed E-state index contributed by atoms with van der Waals surface area (Å²) in [5, 5.41) is 3.64. The van der Waals surface area contributed by atoms with Crippen LogP contribution >= 0.6 is 11.6 Å². The van der Waals surface area contributed by atoms with Crippen molar-refractivity contribution in [1.29, 1.82) is 0 Å². The largest absolute Gasteiger partial charge is 0.494 e. The van der Waals surface area contributed by atoms with Crippen molar-refractivity contribution in [3.8, 4) is 5.75 Å². The van der Waals surface area contributed by atoms with Crippen molar-refractivity contribution in [1.82, 2.24) is 4.90 Å². The molecule has 7 heteroatoms. The van der Waals surface area contributed by atoms with Gasteiger partial charge in [-0.1, -0.05) is 41.9 Å². The van der Waals surface area contributed by atoms with E-state index in [9.17, 15) is 14.0 Å². The van der Waals surface area contributed by atoms with Crippen LogP contribution in [0.15, 0.2) is 72.4 Å². The third-order valence-electron chi connectivity index (χ3n) is 5.34. The van der Waals surface area contributed by atoms with E-state index < -0.39 is 11.8 Å². The molecular formula is C26H22ClFN2O3. The van der Waals surface area contributed by atoms with Gasteiger partial charge in [-0.2, -0.15) is 0 Å². The lowest BCUT2D eigenvalue weighted by atomic mass is 10.0. The van der Waals surface area contributed by atoms with Crippen LogP contribution in [-0.4, -0.2) is 23.3 Å². The van der Waals surface area contributed by atoms with Gasteiger partial charge < -0.3 is 10.1 Å². The molecule has 0 saturated carbocycles. The van der Waals surface area contributed by atoms with Gasteiger partial charge in [0.25, 0.3) is 11.8 Å². The molecule has 0 atom stereocenters. The summed E-state index contributed by atoms with van der Waals surface area (Å²) in [5.74, 6) is -0.616. The Morgan fingerprint density at radius 1 is 0.970 bits per heavy atom. The molecule has 0 saturated heterocycles. The highest BCUT2D eigenvalue weighted by Crippen LogP contribution is 2.33. The Balaban J connectivity index is 1.74. The number of nitrogens with one attached hydrogen (secondary N) is 1. The molecule has 4 rings (SSSR count). The maximum Gasteiger partial charge on any atom is 0.278 e. The van der Waals surface area contributed by atoms with E-state index in [0.29, 0.717) is 34.2 Å². The van der Waals surface area contributed by atoms with Crippen LogP contribution in [0.3, 0.4) is 0 Å². The Morgan fingerprint density at radius 3 is 2.33 bits per heavy atom. The molecule has 3 aromatic carbocycles. The quantitative estimate of drug-likeness (QED) is 0.464. The Bertz CT molecular complexity index is 1240. The van der Waals surface area contributed by atoms with E-state index in [0.717, 1.165) is 10.5 Å². The number of halogens is 2. The van der Waals surface area contributed by atoms with Crippen LogP contribution in [0, 0.1) is 12.7 Å². The molecule has 5 nitrogen and oxygen atoms in total. The van der Waals surface area contributed by atoms with E-state index in [1.165, 1.54) is 12.1 Å². The number of aryl methyl sites for hydroxylation is 1. The molecule has 2 amide bonds. The number of hydrogen-bond acceptors (Lipinski definition) is 4. The second-order valence-corrected chi connectivity index (χ2v) is 8.05. The minimum absolute atomic E-state index is 0.0260. The minimum Gasteiger partial charge on any atom is -0.494 e. The molecule has 0 bridgehead atoms. The highest BCUT2D eigenvalue weighted by atomic mass is 35.5. The van der Waals surface area contributed by atoms with Gasteiger partial charge in [0.15, 0.2) is 0 Å². The van der Waals surface area contributed by atoms with Gasteiger partial charge in [-0.25, -0.2) is 4.39 Å². The number of nitrogens with zero attached hydrogens (tertiary/aromatic N) is 1. The summed E-state index contributed by atoms with van der Waals surface area (Å²) >= 11 is 6.15. The van der Waals surface area contributed by atoms with Crippen LogP contribution in [-0.2, 0) is 16.1 Å². The van der Waals surface area contributed by atoms with Gasteiger partial charge in [-0.05, 0) is 66.9 Å². The predicted octanol–water partition coefficient (Wildman–Crippen LogP) is 5.58. The fraction of sp³-hybridized carbons (Fsp3) is 0.154. The number of amides is 2. The van der Waals surface area contributed by atoms with Crippen LogP contribution in [0.2, 0.25) is 5.02 Å². The normalized spacial score (nSPS) is 13.6. The highest BCUT2D eigenvalue weighted by Gasteiger charge is 2.39. The topological polar surface area (TPSA) is 58.6 Å². The summed E-state index contributed by atoms with van der Waals surface area (Å²) in [6, 6.07) is 18.0. The zero-order valence-electron chi connectivity index (χ0n) is 18.2. The van der Waals surface area contributed by atoms with Gasteiger partial charge in [0, 0.05) is 10.7 Å². The summed E-state index contributed by atoms with van der Waals surface area (Å²) in [4.78, 5) is 28.0. The molecule has 0 aliphatic carbocycles. The zero-order valence-corrected chi connectivity index (χ0v) is 18.9. The van der Waals surface area contributed by atoms with Gasteiger partial charge in [-0.3, -0.25) is 14.5 Å². The first-order valence-electron chi connectivity index (χ1n) is 10.5. The van der Waals surface area contributed by atoms with Crippen molar-refractivity contribution < 1.29 is 18.7 Å². The molecule has 0 spiro atoms. The lowest BCUT2D eigenvalue weighted by molar-refractivity contribution is -0.137. The standard InChI is InChI=1S/C26H22ClFN2O3/c1-3-33-21-12-7-18(8-13-21)23-24(29-22-14-19(27)9-4-16(22)2)26(32)30(25(23)31)15-17-5-10-20(28)11-6-17/h4-14,29H,3,15H2,1-2H3. The van der Waals surface area contributed by atoms with Crippen LogP contribution in [0.1, 0.15) is 23.6 Å². The Labute approximate surface area is 196 Å². The van der Waals surface area contributed by atoms with Crippen molar-refractivity contribution in [2.45, 2.75) is 20.4 Å². The van der Waals surface area contributed by atoms with Gasteiger partial charge in [0.1, 0.15) is 17.3 Å². The summed E-state index contributed by atoms with van der Waals surface area (Å²) in [6.45, 7) is 4.32. The molecule has 1 N–H and O–H groups in total. The lowest BCUT2D eigenvalue weighted by Gasteiger charge is -2.16. The van der Waals surface area contributed by atoms with Crippen molar-refractivity contribution >= 4 is 34.7 Å². The zero-order chi connectivity index (χ0) is 23.5. The molecule has 168 valence electrons. The van der Waals surface area contributed by atoms with Crippen LogP contribution in [0.5, 0.6) is 5.75 Å². The molecular weight excluding hydrogens is 443 g/mol. The van der Waals surface area contributed by atoms with Crippen molar-refractivity contribution in [3.63, 3.8) is 0 Å². The number of carbonyl (C=O) groups excluding carboxylic acids is 2. The third kappa shape index (κ3) is 4.76. The number of anilines is 1. The van der Waals surface area contributed by atoms with Crippen molar-refractivity contribution in [2.75, 3.05) is 11.9 Å². The maximum atomic E-state index is 13.4. The highest BCUT2D eigenvalue weighted by molar-refractivity contribution is 6.36. The van der Waals surface area contributed by atoms with Gasteiger partial charge in [-0.15, -0.1) is 0 Å². The predicted molar refractivity (Wildman–Crippen MR) is 126 cm³/mol. The second-order valence-electron chi connectivity index (χ2n) is 7.61. The molecule has 33 heavy (non-hydrogen) atoms. The number of carbonyl (C=O) groups is 2. The number of rotatable bonds is 7. The fourth-order valence-corrected chi connectivity index (χ4v) is 3.80. The second kappa shape index (κ2) is 9.46. The van der Waals surface area contributed by atoms with Crippen LogP contribution in [0.25, 0.3) is 5.57 Å². The summed E-state index contributed by atoms with van der Waals surface area (Å²) < 4.78 is 18.8. The molecule has 1 heterocycles. The van der Waals surface area contributed by atoms with E-state index in [4.69, 9.17) is 16.3 Å². The van der Waals surface area contributed by atoms with E-state index >= 15 is 0 Å². The lowest BCUT2D eigenvalue weighted by Crippen LogP contribution is -2.32. The van der Waals surface area contributed by atoms with Gasteiger partial charge >= 0.3 is 0 Å². The first kappa shape index (κ1) is 22.6. The van der Waals surface area contributed by atoms with E-state index in [1.807, 2.05) is 19.9 Å². The molecule has 0 unspecified atom stereocenters. The van der Waals surface area contributed by atoms with Gasteiger partial charge in [0.05, 0.1) is 18.7 Å². The van der Waals surface area contributed by atoms with Crippen molar-refractivity contribution in [2.24, 2.45) is 0 Å². The first-order valence-corrected chi connectivity index (χ1v) is 10.9. The minimum atomic E-state index is -0.465. The molecule has 0 radical (unpaired) electrons. The van der Waals surface area contributed by atoms with Crippen molar-refractivity contribution in [3.05, 3.63) is 100.0 Å². The van der Waals surface area contributed by atoms with E-state index in [1.54, 1.807) is 48.5 Å². The summed E-state index contributed by atoms with van der Waals surface area (Å²) in [6.07, 6.45) is 0. The number of hydrogen-bond donors (Lipinski definition) is 1. The smallest absolute Gasteiger partial charge is 0.278 e. The molecule has 1 aliphatic heterocycles. The van der Waals surface area contributed by atoms with Crippen LogP contribution in [0.4, 0.5) is 10.1 Å².